The Morgan fingerprint density at radius 2 is 1.33 bits per heavy atom. The van der Waals surface area contributed by atoms with Gasteiger partial charge in [-0.25, -0.2) is 0 Å². The Morgan fingerprint density at radius 3 is 1.60 bits per heavy atom. The molecule has 0 radical (unpaired) electrons. The molecule has 0 aromatic rings. The SMILES string of the molecule is CC(C)C(=O)CC(C(=O)C(C)C)C(C)C. The zero-order valence-corrected chi connectivity index (χ0v) is 10.8. The zero-order chi connectivity index (χ0) is 12.2. The fourth-order valence-electron chi connectivity index (χ4n) is 1.55. The lowest BCUT2D eigenvalue weighted by Crippen LogP contribution is -2.28. The average molecular weight is 212 g/mol. The van der Waals surface area contributed by atoms with E-state index in [0.29, 0.717) is 6.42 Å². The van der Waals surface area contributed by atoms with Crippen molar-refractivity contribution < 1.29 is 9.59 Å². The number of Topliss-reactive ketones (excluding diaryl/α,β-unsaturated/α-hetero) is 2. The van der Waals surface area contributed by atoms with Gasteiger partial charge in [0.2, 0.25) is 0 Å². The van der Waals surface area contributed by atoms with E-state index in [0.717, 1.165) is 0 Å². The summed E-state index contributed by atoms with van der Waals surface area (Å²) >= 11 is 0. The van der Waals surface area contributed by atoms with Crippen molar-refractivity contribution in [1.82, 2.24) is 0 Å². The molecule has 0 aromatic heterocycles. The van der Waals surface area contributed by atoms with Gasteiger partial charge < -0.3 is 0 Å². The lowest BCUT2D eigenvalue weighted by molar-refractivity contribution is -0.132. The molecular formula is C13H24O2. The smallest absolute Gasteiger partial charge is 0.139 e. The van der Waals surface area contributed by atoms with E-state index in [1.165, 1.54) is 0 Å². The highest BCUT2D eigenvalue weighted by Crippen LogP contribution is 2.22. The first-order valence-electron chi connectivity index (χ1n) is 5.83. The van der Waals surface area contributed by atoms with Crippen LogP contribution in [0.25, 0.3) is 0 Å². The van der Waals surface area contributed by atoms with Crippen LogP contribution in [0.5, 0.6) is 0 Å². The van der Waals surface area contributed by atoms with E-state index in [2.05, 4.69) is 0 Å². The second kappa shape index (κ2) is 6.04. The molecule has 0 saturated heterocycles. The summed E-state index contributed by atoms with van der Waals surface area (Å²) in [5, 5.41) is 0. The Labute approximate surface area is 93.4 Å². The van der Waals surface area contributed by atoms with Gasteiger partial charge in [0.15, 0.2) is 0 Å². The van der Waals surface area contributed by atoms with Crippen molar-refractivity contribution in [2.75, 3.05) is 0 Å². The summed E-state index contributed by atoms with van der Waals surface area (Å²) in [6.45, 7) is 11.6. The number of rotatable bonds is 6. The predicted molar refractivity (Wildman–Crippen MR) is 62.6 cm³/mol. The normalized spacial score (nSPS) is 13.7. The minimum Gasteiger partial charge on any atom is -0.299 e. The van der Waals surface area contributed by atoms with E-state index >= 15 is 0 Å². The number of ketones is 2. The maximum atomic E-state index is 11.9. The van der Waals surface area contributed by atoms with Crippen LogP contribution in [0.4, 0.5) is 0 Å². The first-order chi connectivity index (χ1) is 6.77. The Hall–Kier alpha value is -0.660. The molecule has 2 nitrogen and oxygen atoms in total. The fourth-order valence-corrected chi connectivity index (χ4v) is 1.55. The third-order valence-electron chi connectivity index (χ3n) is 2.80. The fraction of sp³-hybridized carbons (Fsp3) is 0.846. The van der Waals surface area contributed by atoms with Crippen LogP contribution in [0, 0.1) is 23.7 Å². The molecule has 0 N–H and O–H groups in total. The van der Waals surface area contributed by atoms with E-state index in [4.69, 9.17) is 0 Å². The van der Waals surface area contributed by atoms with E-state index in [1.54, 1.807) is 0 Å². The topological polar surface area (TPSA) is 34.1 Å². The van der Waals surface area contributed by atoms with Crippen LogP contribution in [0.2, 0.25) is 0 Å². The molecular weight excluding hydrogens is 188 g/mol. The van der Waals surface area contributed by atoms with Gasteiger partial charge in [-0.2, -0.15) is 0 Å². The van der Waals surface area contributed by atoms with E-state index in [9.17, 15) is 9.59 Å². The van der Waals surface area contributed by atoms with Crippen molar-refractivity contribution in [2.45, 2.75) is 48.0 Å². The number of carbonyl (C=O) groups excluding carboxylic acids is 2. The molecule has 0 bridgehead atoms. The first kappa shape index (κ1) is 14.3. The molecule has 1 unspecified atom stereocenters. The van der Waals surface area contributed by atoms with Crippen LogP contribution in [0.15, 0.2) is 0 Å². The Morgan fingerprint density at radius 1 is 0.867 bits per heavy atom. The standard InChI is InChI=1S/C13H24O2/c1-8(2)11(13(15)10(5)6)7-12(14)9(3)4/h8-11H,7H2,1-6H3. The van der Waals surface area contributed by atoms with Crippen molar-refractivity contribution in [1.29, 1.82) is 0 Å². The first-order valence-corrected chi connectivity index (χ1v) is 5.83. The summed E-state index contributed by atoms with van der Waals surface area (Å²) < 4.78 is 0. The largest absolute Gasteiger partial charge is 0.299 e. The molecule has 0 rings (SSSR count). The quantitative estimate of drug-likeness (QED) is 0.678. The molecule has 0 heterocycles. The van der Waals surface area contributed by atoms with Crippen LogP contribution in [0.1, 0.15) is 48.0 Å². The molecule has 15 heavy (non-hydrogen) atoms. The molecule has 0 aliphatic rings. The van der Waals surface area contributed by atoms with Crippen LogP contribution in [-0.2, 0) is 9.59 Å². The molecule has 88 valence electrons. The Kier molecular flexibility index (Phi) is 5.77. The van der Waals surface area contributed by atoms with E-state index < -0.39 is 0 Å². The average Bonchev–Trinajstić information content (AvgIpc) is 2.11. The van der Waals surface area contributed by atoms with Gasteiger partial charge in [0.1, 0.15) is 11.6 Å². The van der Waals surface area contributed by atoms with Gasteiger partial charge in [-0.1, -0.05) is 41.5 Å². The van der Waals surface area contributed by atoms with Crippen LogP contribution < -0.4 is 0 Å². The van der Waals surface area contributed by atoms with Crippen molar-refractivity contribution in [3.8, 4) is 0 Å². The van der Waals surface area contributed by atoms with Crippen molar-refractivity contribution >= 4 is 11.6 Å². The molecule has 0 aliphatic heterocycles. The molecule has 0 saturated carbocycles. The highest BCUT2D eigenvalue weighted by molar-refractivity contribution is 5.89. The molecule has 0 aromatic carbocycles. The summed E-state index contributed by atoms with van der Waals surface area (Å²) in [4.78, 5) is 23.5. The van der Waals surface area contributed by atoms with Gasteiger partial charge in [-0.3, -0.25) is 9.59 Å². The molecule has 0 spiro atoms. The summed E-state index contributed by atoms with van der Waals surface area (Å²) in [6.07, 6.45) is 0.409. The Balaban J connectivity index is 4.56. The zero-order valence-electron chi connectivity index (χ0n) is 10.8. The highest BCUT2D eigenvalue weighted by atomic mass is 16.1. The van der Waals surface area contributed by atoms with Gasteiger partial charge in [0, 0.05) is 24.2 Å². The van der Waals surface area contributed by atoms with Crippen molar-refractivity contribution in [3.63, 3.8) is 0 Å². The van der Waals surface area contributed by atoms with Crippen molar-refractivity contribution in [3.05, 3.63) is 0 Å². The van der Waals surface area contributed by atoms with Gasteiger partial charge in [-0.15, -0.1) is 0 Å². The summed E-state index contributed by atoms with van der Waals surface area (Å²) in [5.41, 5.74) is 0. The van der Waals surface area contributed by atoms with E-state index in [1.807, 2.05) is 41.5 Å². The Bertz CT molecular complexity index is 227. The van der Waals surface area contributed by atoms with Crippen molar-refractivity contribution in [2.24, 2.45) is 23.7 Å². The summed E-state index contributed by atoms with van der Waals surface area (Å²) in [7, 11) is 0. The minimum atomic E-state index is -0.0973. The third kappa shape index (κ3) is 4.59. The molecule has 0 aliphatic carbocycles. The van der Waals surface area contributed by atoms with Crippen LogP contribution in [0.3, 0.4) is 0 Å². The lowest BCUT2D eigenvalue weighted by atomic mass is 9.81. The minimum absolute atomic E-state index is 0.0253. The molecule has 1 atom stereocenters. The van der Waals surface area contributed by atoms with Gasteiger partial charge in [0.05, 0.1) is 0 Å². The van der Waals surface area contributed by atoms with Crippen LogP contribution in [-0.4, -0.2) is 11.6 Å². The summed E-state index contributed by atoms with van der Waals surface area (Å²) in [5.74, 6) is 0.632. The maximum absolute atomic E-state index is 11.9. The van der Waals surface area contributed by atoms with Gasteiger partial charge in [-0.05, 0) is 5.92 Å². The predicted octanol–water partition coefficient (Wildman–Crippen LogP) is 3.10. The second-order valence-corrected chi connectivity index (χ2v) is 5.23. The molecule has 2 heteroatoms. The monoisotopic (exact) mass is 212 g/mol. The lowest BCUT2D eigenvalue weighted by Gasteiger charge is -2.21. The summed E-state index contributed by atoms with van der Waals surface area (Å²) in [6, 6.07) is 0. The van der Waals surface area contributed by atoms with Crippen LogP contribution >= 0.6 is 0 Å². The highest BCUT2D eigenvalue weighted by Gasteiger charge is 2.27. The number of carbonyl (C=O) groups is 2. The number of hydrogen-bond acceptors (Lipinski definition) is 2. The maximum Gasteiger partial charge on any atom is 0.139 e. The molecule has 0 fully saturated rings. The third-order valence-corrected chi connectivity index (χ3v) is 2.80. The second-order valence-electron chi connectivity index (χ2n) is 5.23. The molecule has 0 amide bonds. The van der Waals surface area contributed by atoms with E-state index in [-0.39, 0.29) is 35.2 Å². The number of hydrogen-bond donors (Lipinski definition) is 0. The van der Waals surface area contributed by atoms with Gasteiger partial charge >= 0.3 is 0 Å². The van der Waals surface area contributed by atoms with Gasteiger partial charge in [0.25, 0.3) is 0 Å².